The number of fused-ring (bicyclic) bond motifs is 3. The van der Waals surface area contributed by atoms with Crippen LogP contribution in [-0.2, 0) is 20.1 Å². The van der Waals surface area contributed by atoms with Crippen LogP contribution in [-0.4, -0.2) is 23.1 Å². The maximum Gasteiger partial charge on any atom is 0.332 e. The van der Waals surface area contributed by atoms with Gasteiger partial charge in [-0.1, -0.05) is 23.8 Å². The number of rotatable bonds is 4. The lowest BCUT2D eigenvalue weighted by molar-refractivity contribution is 0.494. The molecule has 0 aliphatic heterocycles. The molecule has 5 rings (SSSR count). The Bertz CT molecular complexity index is 1560. The molecule has 0 atom stereocenters. The predicted octanol–water partition coefficient (Wildman–Crippen LogP) is 2.76. The summed E-state index contributed by atoms with van der Waals surface area (Å²) in [6.45, 7) is 6.65. The van der Waals surface area contributed by atoms with Crippen molar-refractivity contribution < 1.29 is 4.42 Å². The molecule has 0 amide bonds. The van der Waals surface area contributed by atoms with Gasteiger partial charge in [-0.05, 0) is 44.0 Å². The van der Waals surface area contributed by atoms with Gasteiger partial charge in [-0.2, -0.15) is 4.98 Å². The molecular weight excluding hydrogens is 394 g/mol. The number of hydrogen-bond acceptors (Lipinski definition) is 4. The van der Waals surface area contributed by atoms with Crippen molar-refractivity contribution in [1.29, 1.82) is 0 Å². The first-order valence-electron chi connectivity index (χ1n) is 10.1. The highest BCUT2D eigenvalue weighted by Crippen LogP contribution is 2.18. The molecule has 4 heterocycles. The monoisotopic (exact) mass is 417 g/mol. The number of nitrogens with zero attached hydrogens (tertiary/aromatic N) is 5. The smallest absolute Gasteiger partial charge is 0.332 e. The fourth-order valence-corrected chi connectivity index (χ4v) is 4.09. The fourth-order valence-electron chi connectivity index (χ4n) is 4.09. The summed E-state index contributed by atoms with van der Waals surface area (Å²) >= 11 is 0. The average Bonchev–Trinajstić information content (AvgIpc) is 3.44. The average molecular weight is 417 g/mol. The molecule has 1 aromatic carbocycles. The fraction of sp³-hybridized carbons (Fsp3) is 0.261. The van der Waals surface area contributed by atoms with Crippen LogP contribution in [0.2, 0.25) is 0 Å². The van der Waals surface area contributed by atoms with E-state index < -0.39 is 0 Å². The van der Waals surface area contributed by atoms with Gasteiger partial charge in [0.15, 0.2) is 11.2 Å². The Hall–Kier alpha value is -3.81. The molecule has 0 aliphatic rings. The third-order valence-corrected chi connectivity index (χ3v) is 5.87. The van der Waals surface area contributed by atoms with Crippen LogP contribution in [0.25, 0.3) is 16.9 Å². The first kappa shape index (κ1) is 19.2. The van der Waals surface area contributed by atoms with Gasteiger partial charge in [0.25, 0.3) is 5.56 Å². The van der Waals surface area contributed by atoms with Crippen molar-refractivity contribution in [2.24, 2.45) is 7.05 Å². The van der Waals surface area contributed by atoms with Gasteiger partial charge in [-0.3, -0.25) is 18.3 Å². The van der Waals surface area contributed by atoms with E-state index in [2.05, 4.69) is 4.98 Å². The molecule has 8 heteroatoms. The van der Waals surface area contributed by atoms with Crippen molar-refractivity contribution in [2.75, 3.05) is 0 Å². The van der Waals surface area contributed by atoms with E-state index in [1.165, 1.54) is 9.13 Å². The minimum Gasteiger partial charge on any atom is -0.467 e. The Balaban J connectivity index is 1.74. The Morgan fingerprint density at radius 2 is 1.84 bits per heavy atom. The Morgan fingerprint density at radius 3 is 2.58 bits per heavy atom. The zero-order valence-corrected chi connectivity index (χ0v) is 17.9. The van der Waals surface area contributed by atoms with E-state index in [-0.39, 0.29) is 17.8 Å². The molecule has 0 saturated heterocycles. The summed E-state index contributed by atoms with van der Waals surface area (Å²) in [6, 6.07) is 9.78. The molecular formula is C23H23N5O3. The largest absolute Gasteiger partial charge is 0.467 e. The van der Waals surface area contributed by atoms with Crippen molar-refractivity contribution in [3.05, 3.63) is 91.8 Å². The number of imidazole rings is 2. The molecule has 0 N–H and O–H groups in total. The molecule has 8 nitrogen and oxygen atoms in total. The highest BCUT2D eigenvalue weighted by atomic mass is 16.3. The van der Waals surface area contributed by atoms with Crippen LogP contribution in [0, 0.1) is 20.8 Å². The summed E-state index contributed by atoms with van der Waals surface area (Å²) in [5.74, 6) is 1.38. The third-order valence-electron chi connectivity index (χ3n) is 5.87. The molecule has 0 fully saturated rings. The third kappa shape index (κ3) is 2.94. The van der Waals surface area contributed by atoms with Crippen LogP contribution >= 0.6 is 0 Å². The summed E-state index contributed by atoms with van der Waals surface area (Å²) < 4.78 is 12.0. The summed E-state index contributed by atoms with van der Waals surface area (Å²) in [4.78, 5) is 31.2. The maximum absolute atomic E-state index is 13.5. The van der Waals surface area contributed by atoms with Crippen LogP contribution in [0.15, 0.2) is 56.8 Å². The van der Waals surface area contributed by atoms with E-state index in [9.17, 15) is 9.59 Å². The molecule has 5 aromatic rings. The lowest BCUT2D eigenvalue weighted by Gasteiger charge is -2.11. The maximum atomic E-state index is 13.5. The summed E-state index contributed by atoms with van der Waals surface area (Å²) in [7, 11) is 1.65. The zero-order chi connectivity index (χ0) is 21.9. The first-order chi connectivity index (χ1) is 14.8. The van der Waals surface area contributed by atoms with Gasteiger partial charge in [0, 0.05) is 18.9 Å². The van der Waals surface area contributed by atoms with Crippen LogP contribution in [0.5, 0.6) is 0 Å². The lowest BCUT2D eigenvalue weighted by atomic mass is 10.1. The predicted molar refractivity (Wildman–Crippen MR) is 118 cm³/mol. The van der Waals surface area contributed by atoms with E-state index in [4.69, 9.17) is 4.42 Å². The van der Waals surface area contributed by atoms with Gasteiger partial charge in [0.2, 0.25) is 5.78 Å². The minimum absolute atomic E-state index is 0.217. The number of aromatic nitrogens is 5. The van der Waals surface area contributed by atoms with Crippen molar-refractivity contribution in [1.82, 2.24) is 23.1 Å². The molecule has 0 spiro atoms. The Morgan fingerprint density at radius 1 is 1.03 bits per heavy atom. The van der Waals surface area contributed by atoms with Crippen LogP contribution < -0.4 is 11.2 Å². The minimum atomic E-state index is -0.381. The van der Waals surface area contributed by atoms with E-state index in [1.807, 2.05) is 61.9 Å². The van der Waals surface area contributed by atoms with E-state index >= 15 is 0 Å². The standard InChI is InChI=1S/C23H23N5O3/c1-14-7-8-15(2)17(10-14)12-28-21(29)19-20(25(4)23(28)30)24-22-26(16(3)11-27(19)22)13-18-6-5-9-31-18/h5-11H,12-13H2,1-4H3. The Kier molecular flexibility index (Phi) is 4.25. The normalized spacial score (nSPS) is 11.7. The Labute approximate surface area is 177 Å². The SMILES string of the molecule is Cc1ccc(C)c(Cn2c(=O)c3c(nc4n(Cc5ccco5)c(C)cn34)n(C)c2=O)c1. The van der Waals surface area contributed by atoms with Crippen LogP contribution in [0.1, 0.15) is 28.1 Å². The number of hydrogen-bond donors (Lipinski definition) is 0. The van der Waals surface area contributed by atoms with E-state index in [0.29, 0.717) is 23.5 Å². The number of furan rings is 1. The highest BCUT2D eigenvalue weighted by Gasteiger charge is 2.21. The molecule has 4 aromatic heterocycles. The van der Waals surface area contributed by atoms with Crippen LogP contribution in [0.4, 0.5) is 0 Å². The van der Waals surface area contributed by atoms with Gasteiger partial charge in [0.1, 0.15) is 5.76 Å². The molecule has 0 bridgehead atoms. The quantitative estimate of drug-likeness (QED) is 0.450. The first-order valence-corrected chi connectivity index (χ1v) is 10.1. The van der Waals surface area contributed by atoms with Gasteiger partial charge in [0.05, 0.1) is 19.4 Å². The number of aryl methyl sites for hydroxylation is 4. The van der Waals surface area contributed by atoms with Gasteiger partial charge < -0.3 is 8.98 Å². The van der Waals surface area contributed by atoms with Crippen molar-refractivity contribution in [2.45, 2.75) is 33.9 Å². The van der Waals surface area contributed by atoms with E-state index in [0.717, 1.165) is 28.1 Å². The second kappa shape index (κ2) is 6.87. The topological polar surface area (TPSA) is 79.4 Å². The number of benzene rings is 1. The second-order valence-corrected chi connectivity index (χ2v) is 8.05. The molecule has 0 saturated carbocycles. The van der Waals surface area contributed by atoms with Gasteiger partial charge in [-0.15, -0.1) is 0 Å². The van der Waals surface area contributed by atoms with Crippen molar-refractivity contribution >= 4 is 16.9 Å². The van der Waals surface area contributed by atoms with Crippen molar-refractivity contribution in [3.8, 4) is 0 Å². The molecule has 0 unspecified atom stereocenters. The molecule has 0 radical (unpaired) electrons. The zero-order valence-electron chi connectivity index (χ0n) is 17.9. The second-order valence-electron chi connectivity index (χ2n) is 8.05. The van der Waals surface area contributed by atoms with Gasteiger partial charge in [-0.25, -0.2) is 4.79 Å². The van der Waals surface area contributed by atoms with Gasteiger partial charge >= 0.3 is 5.69 Å². The lowest BCUT2D eigenvalue weighted by Crippen LogP contribution is -2.39. The molecule has 31 heavy (non-hydrogen) atoms. The molecule has 0 aliphatic carbocycles. The van der Waals surface area contributed by atoms with E-state index in [1.54, 1.807) is 17.7 Å². The van der Waals surface area contributed by atoms with Crippen LogP contribution in [0.3, 0.4) is 0 Å². The molecule has 158 valence electrons. The van der Waals surface area contributed by atoms with Crippen molar-refractivity contribution in [3.63, 3.8) is 0 Å². The highest BCUT2D eigenvalue weighted by molar-refractivity contribution is 5.75. The summed E-state index contributed by atoms with van der Waals surface area (Å²) in [5.41, 5.74) is 4.05. The summed E-state index contributed by atoms with van der Waals surface area (Å²) in [5, 5.41) is 0. The summed E-state index contributed by atoms with van der Waals surface area (Å²) in [6.07, 6.45) is 3.50.